The van der Waals surface area contributed by atoms with Gasteiger partial charge in [0, 0.05) is 18.8 Å². The number of phosphoric acid groups is 1. The highest BCUT2D eigenvalue weighted by Crippen LogP contribution is 2.38. The molecule has 1 amide bonds. The lowest BCUT2D eigenvalue weighted by atomic mass is 9.88. The highest BCUT2D eigenvalue weighted by Gasteiger charge is 2.39. The fourth-order valence-corrected chi connectivity index (χ4v) is 7.43. The minimum Gasteiger partial charge on any atom is -0.756 e. The smallest absolute Gasteiger partial charge is 0.268 e. The molecule has 12 heteroatoms. The largest absolute Gasteiger partial charge is 0.756 e. The summed E-state index contributed by atoms with van der Waals surface area (Å²) in [5.41, 5.74) is 0. The van der Waals surface area contributed by atoms with Gasteiger partial charge in [-0.1, -0.05) is 121 Å². The number of hydrogen-bond acceptors (Lipinski definition) is 9. The molecule has 320 valence electrons. The number of unbranched alkanes of at least 4 members (excludes halogenated alkanes) is 13. The first-order valence-corrected chi connectivity index (χ1v) is 22.9. The molecule has 0 bridgehead atoms. The normalized spacial score (nSPS) is 20.8. The lowest BCUT2D eigenvalue weighted by molar-refractivity contribution is -0.870. The van der Waals surface area contributed by atoms with E-state index in [1.165, 1.54) is 32.1 Å². The molecule has 1 rings (SSSR count). The molecule has 1 aliphatic carbocycles. The number of aliphatic hydroxyl groups is 3. The van der Waals surface area contributed by atoms with Gasteiger partial charge in [0.15, 0.2) is 0 Å². The zero-order valence-electron chi connectivity index (χ0n) is 35.1. The molecule has 4 N–H and O–H groups in total. The molecule has 1 fully saturated rings. The predicted octanol–water partition coefficient (Wildman–Crippen LogP) is 7.48. The van der Waals surface area contributed by atoms with Gasteiger partial charge in [-0.3, -0.25) is 14.2 Å². The quantitative estimate of drug-likeness (QED) is 0.0224. The summed E-state index contributed by atoms with van der Waals surface area (Å²) in [6, 6.07) is -0.976. The summed E-state index contributed by atoms with van der Waals surface area (Å²) in [7, 11) is 1.10. The molecular weight excluding hydrogens is 719 g/mol. The van der Waals surface area contributed by atoms with Gasteiger partial charge < -0.3 is 39.1 Å². The molecule has 1 unspecified atom stereocenters. The molecule has 0 radical (unpaired) electrons. The number of amides is 1. The van der Waals surface area contributed by atoms with Gasteiger partial charge in [0.2, 0.25) is 5.91 Å². The Balaban J connectivity index is 2.57. The number of carbonyl (C=O) groups is 2. The highest BCUT2D eigenvalue weighted by atomic mass is 31.2. The Bertz CT molecular complexity index is 1160. The van der Waals surface area contributed by atoms with E-state index in [1.54, 1.807) is 18.2 Å². The summed E-state index contributed by atoms with van der Waals surface area (Å²) >= 11 is 0. The number of quaternary nitrogens is 1. The molecule has 55 heavy (non-hydrogen) atoms. The Labute approximate surface area is 334 Å². The fourth-order valence-electron chi connectivity index (χ4n) is 6.70. The minimum atomic E-state index is -4.65. The van der Waals surface area contributed by atoms with Gasteiger partial charge in [-0.15, -0.1) is 0 Å². The van der Waals surface area contributed by atoms with Crippen LogP contribution in [0, 0.1) is 11.8 Å². The molecule has 0 aromatic carbocycles. The first kappa shape index (κ1) is 51.3. The van der Waals surface area contributed by atoms with Crippen LogP contribution in [-0.4, -0.2) is 96.7 Å². The van der Waals surface area contributed by atoms with Crippen LogP contribution >= 0.6 is 7.82 Å². The van der Waals surface area contributed by atoms with Crippen molar-refractivity contribution >= 4 is 19.5 Å². The summed E-state index contributed by atoms with van der Waals surface area (Å²) in [4.78, 5) is 38.0. The Morgan fingerprint density at radius 2 is 1.51 bits per heavy atom. The van der Waals surface area contributed by atoms with Gasteiger partial charge in [0.25, 0.3) is 7.82 Å². The lowest BCUT2D eigenvalue weighted by Crippen LogP contribution is -2.45. The summed E-state index contributed by atoms with van der Waals surface area (Å²) < 4.78 is 23.1. The second-order valence-electron chi connectivity index (χ2n) is 16.5. The van der Waals surface area contributed by atoms with Crippen molar-refractivity contribution in [2.75, 3.05) is 40.9 Å². The maximum absolute atomic E-state index is 12.9. The third-order valence-electron chi connectivity index (χ3n) is 10.2. The van der Waals surface area contributed by atoms with Crippen LogP contribution in [0.15, 0.2) is 36.5 Å². The van der Waals surface area contributed by atoms with E-state index in [-0.39, 0.29) is 43.0 Å². The molecule has 1 aliphatic rings. The number of nitrogens with zero attached hydrogens (tertiary/aromatic N) is 1. The number of phosphoric ester groups is 1. The van der Waals surface area contributed by atoms with Crippen LogP contribution in [0.3, 0.4) is 0 Å². The van der Waals surface area contributed by atoms with Crippen LogP contribution in [-0.2, 0) is 23.2 Å². The van der Waals surface area contributed by atoms with E-state index in [4.69, 9.17) is 9.05 Å². The Morgan fingerprint density at radius 3 is 2.18 bits per heavy atom. The molecule has 11 nitrogen and oxygen atoms in total. The number of hydrogen-bond donors (Lipinski definition) is 4. The second-order valence-corrected chi connectivity index (χ2v) is 17.9. The Morgan fingerprint density at radius 1 is 0.873 bits per heavy atom. The van der Waals surface area contributed by atoms with Crippen molar-refractivity contribution in [2.45, 2.75) is 173 Å². The first-order valence-electron chi connectivity index (χ1n) is 21.5. The number of nitrogens with one attached hydrogen (secondary N) is 1. The standard InChI is InChI=1S/C43H79N2O9P/c1-6-8-10-11-12-13-14-15-16-17-18-19-24-28-40(47)39(35-54-55(51,52)53-33-32-45(3,4)5)44-43(50)29-25-21-20-23-27-37-38(42(49)34-41(37)48)31-30-36(46)26-22-9-7-2/h10-11,24,28,30-31,36-41,46-48H,6-9,12-23,25-27,29,32-35H2,1-5H3,(H-,44,50,51,52)/b11-10-,28-24+,31-30+/t36-,37+,38+,39-,40+,41-/m0/s1. The zero-order chi connectivity index (χ0) is 41.0. The van der Waals surface area contributed by atoms with E-state index < -0.39 is 38.8 Å². The van der Waals surface area contributed by atoms with Gasteiger partial charge in [-0.25, -0.2) is 0 Å². The molecule has 0 aromatic heterocycles. The van der Waals surface area contributed by atoms with Crippen LogP contribution in [0.2, 0.25) is 0 Å². The molecule has 0 aromatic rings. The predicted molar refractivity (Wildman–Crippen MR) is 220 cm³/mol. The summed E-state index contributed by atoms with van der Waals surface area (Å²) in [5.74, 6) is -0.857. The van der Waals surface area contributed by atoms with Gasteiger partial charge in [0.05, 0.1) is 52.1 Å². The van der Waals surface area contributed by atoms with E-state index in [9.17, 15) is 34.4 Å². The summed E-state index contributed by atoms with van der Waals surface area (Å²) in [6.07, 6.45) is 28.0. The zero-order valence-corrected chi connectivity index (χ0v) is 36.0. The number of Topliss-reactive ketones (excluding diaryl/α,β-unsaturated/α-hetero) is 1. The second kappa shape index (κ2) is 30.4. The van der Waals surface area contributed by atoms with Crippen LogP contribution in [0.4, 0.5) is 0 Å². The topological polar surface area (TPSA) is 165 Å². The minimum absolute atomic E-state index is 0.0121. The van der Waals surface area contributed by atoms with Crippen molar-refractivity contribution < 1.29 is 47.9 Å². The maximum atomic E-state index is 12.9. The van der Waals surface area contributed by atoms with Crippen molar-refractivity contribution in [3.8, 4) is 0 Å². The van der Waals surface area contributed by atoms with Gasteiger partial charge >= 0.3 is 0 Å². The monoisotopic (exact) mass is 799 g/mol. The van der Waals surface area contributed by atoms with Crippen LogP contribution in [0.5, 0.6) is 0 Å². The lowest BCUT2D eigenvalue weighted by Gasteiger charge is -2.29. The number of ketones is 1. The van der Waals surface area contributed by atoms with Crippen molar-refractivity contribution in [3.05, 3.63) is 36.5 Å². The molecule has 1 saturated carbocycles. The number of likely N-dealkylation sites (N-methyl/N-ethyl adjacent to an activating group) is 1. The summed E-state index contributed by atoms with van der Waals surface area (Å²) in [5, 5.41) is 34.5. The SMILES string of the molecule is CCC/C=C\CCCCCCCC/C=C/[C@@H](O)[C@H](COP(=O)([O-])OCC[N+](C)(C)C)NC(=O)CCCCCC[C@H]1[C@@H](O)CC(=O)[C@@H]1/C=C/[C@@H](O)CCCCC. The van der Waals surface area contributed by atoms with Crippen LogP contribution in [0.1, 0.15) is 149 Å². The highest BCUT2D eigenvalue weighted by molar-refractivity contribution is 7.45. The fraction of sp³-hybridized carbons (Fsp3) is 0.814. The van der Waals surface area contributed by atoms with Crippen LogP contribution < -0.4 is 10.2 Å². The maximum Gasteiger partial charge on any atom is 0.268 e. The van der Waals surface area contributed by atoms with Crippen molar-refractivity contribution in [1.82, 2.24) is 5.32 Å². The van der Waals surface area contributed by atoms with Gasteiger partial charge in [-0.2, -0.15) is 0 Å². The molecule has 0 aliphatic heterocycles. The molecule has 0 spiro atoms. The molecule has 7 atom stereocenters. The number of carbonyl (C=O) groups excluding carboxylic acids is 2. The average molecular weight is 799 g/mol. The summed E-state index contributed by atoms with van der Waals surface area (Å²) in [6.45, 7) is 4.25. The average Bonchev–Trinajstić information content (AvgIpc) is 3.39. The van der Waals surface area contributed by atoms with Crippen molar-refractivity contribution in [1.29, 1.82) is 0 Å². The van der Waals surface area contributed by atoms with E-state index in [0.717, 1.165) is 70.6 Å². The molecular formula is C43H79N2O9P. The number of aliphatic hydroxyl groups excluding tert-OH is 3. The Kier molecular flexibility index (Phi) is 28.4. The van der Waals surface area contributed by atoms with E-state index >= 15 is 0 Å². The number of rotatable bonds is 34. The van der Waals surface area contributed by atoms with Crippen molar-refractivity contribution in [3.63, 3.8) is 0 Å². The van der Waals surface area contributed by atoms with Crippen LogP contribution in [0.25, 0.3) is 0 Å². The number of allylic oxidation sites excluding steroid dienone is 4. The molecule has 0 heterocycles. The first-order chi connectivity index (χ1) is 26.2. The molecule has 0 saturated heterocycles. The van der Waals surface area contributed by atoms with E-state index in [2.05, 4.69) is 31.3 Å². The Hall–Kier alpha value is -1.69. The van der Waals surface area contributed by atoms with E-state index in [0.29, 0.717) is 30.3 Å². The third-order valence-corrected chi connectivity index (χ3v) is 11.2. The third kappa shape index (κ3) is 26.8. The van der Waals surface area contributed by atoms with Gasteiger partial charge in [-0.05, 0) is 57.3 Å². The van der Waals surface area contributed by atoms with Gasteiger partial charge in [0.1, 0.15) is 18.9 Å². The van der Waals surface area contributed by atoms with Crippen molar-refractivity contribution in [2.24, 2.45) is 11.8 Å². The van der Waals surface area contributed by atoms with E-state index in [1.807, 2.05) is 27.2 Å².